The van der Waals surface area contributed by atoms with Crippen LogP contribution in [0.3, 0.4) is 0 Å². The molecule has 104 valence electrons. The molecular weight excluding hydrogens is 264 g/mol. The van der Waals surface area contributed by atoms with Crippen LogP contribution in [0.25, 0.3) is 0 Å². The molecule has 0 aliphatic carbocycles. The molecule has 2 aromatic rings. The molecule has 0 atom stereocenters. The molecule has 0 spiro atoms. The molecule has 4 nitrogen and oxygen atoms in total. The first-order valence-electron chi connectivity index (χ1n) is 6.80. The number of benzene rings is 2. The molecule has 0 unspecified atom stereocenters. The van der Waals surface area contributed by atoms with E-state index in [0.717, 1.165) is 11.3 Å². The van der Waals surface area contributed by atoms with E-state index in [1.807, 2.05) is 30.3 Å². The third kappa shape index (κ3) is 2.59. The zero-order valence-corrected chi connectivity index (χ0v) is 11.5. The van der Waals surface area contributed by atoms with E-state index in [9.17, 15) is 4.79 Å². The predicted octanol–water partition coefficient (Wildman–Crippen LogP) is 2.53. The maximum Gasteiger partial charge on any atom is 0.231 e. The van der Waals surface area contributed by atoms with Crippen molar-refractivity contribution in [2.45, 2.75) is 6.42 Å². The number of ether oxygens (including phenoxy) is 1. The van der Waals surface area contributed by atoms with Crippen LogP contribution in [0.4, 0.5) is 5.69 Å². The lowest BCUT2D eigenvalue weighted by Gasteiger charge is -2.18. The number of carbonyl (C=O) groups excluding carboxylic acids is 1. The largest absolute Gasteiger partial charge is 0.490 e. The minimum absolute atomic E-state index is 0.0911. The van der Waals surface area contributed by atoms with Gasteiger partial charge in [-0.2, -0.15) is 5.26 Å². The molecule has 0 N–H and O–H groups in total. The number of anilines is 1. The van der Waals surface area contributed by atoms with Crippen LogP contribution in [-0.2, 0) is 11.2 Å². The van der Waals surface area contributed by atoms with Gasteiger partial charge in [-0.3, -0.25) is 4.79 Å². The maximum absolute atomic E-state index is 12.0. The summed E-state index contributed by atoms with van der Waals surface area (Å²) < 4.78 is 5.64. The van der Waals surface area contributed by atoms with E-state index in [0.29, 0.717) is 30.9 Å². The summed E-state index contributed by atoms with van der Waals surface area (Å²) in [6.07, 6.45) is 0.449. The van der Waals surface area contributed by atoms with Crippen LogP contribution in [0.1, 0.15) is 11.1 Å². The van der Waals surface area contributed by atoms with Gasteiger partial charge in [0.25, 0.3) is 0 Å². The van der Waals surface area contributed by atoms with Gasteiger partial charge in [-0.15, -0.1) is 0 Å². The van der Waals surface area contributed by atoms with E-state index < -0.39 is 0 Å². The van der Waals surface area contributed by atoms with Crippen molar-refractivity contribution in [1.82, 2.24) is 0 Å². The Bertz CT molecular complexity index is 719. The molecule has 0 saturated heterocycles. The molecule has 0 aromatic heterocycles. The van der Waals surface area contributed by atoms with E-state index in [4.69, 9.17) is 10.00 Å². The van der Waals surface area contributed by atoms with Crippen LogP contribution >= 0.6 is 0 Å². The second-order valence-electron chi connectivity index (χ2n) is 4.81. The van der Waals surface area contributed by atoms with E-state index in [1.165, 1.54) is 0 Å². The molecule has 0 radical (unpaired) electrons. The monoisotopic (exact) mass is 278 g/mol. The highest BCUT2D eigenvalue weighted by Gasteiger charge is 2.26. The van der Waals surface area contributed by atoms with E-state index in [2.05, 4.69) is 6.07 Å². The van der Waals surface area contributed by atoms with Gasteiger partial charge in [-0.05, 0) is 23.8 Å². The number of hydrogen-bond acceptors (Lipinski definition) is 3. The van der Waals surface area contributed by atoms with Gasteiger partial charge in [0.05, 0.1) is 18.5 Å². The lowest BCUT2D eigenvalue weighted by Crippen LogP contribution is -2.31. The SMILES string of the molecule is N#Cc1ccccc1OCCN1C(=O)Cc2ccccc21. The van der Waals surface area contributed by atoms with Crippen molar-refractivity contribution in [2.75, 3.05) is 18.1 Å². The average molecular weight is 278 g/mol. The zero-order valence-electron chi connectivity index (χ0n) is 11.5. The second-order valence-corrected chi connectivity index (χ2v) is 4.81. The molecule has 4 heteroatoms. The van der Waals surface area contributed by atoms with Crippen LogP contribution in [0, 0.1) is 11.3 Å². The third-order valence-corrected chi connectivity index (χ3v) is 3.51. The molecule has 3 rings (SSSR count). The van der Waals surface area contributed by atoms with Crippen molar-refractivity contribution in [2.24, 2.45) is 0 Å². The Kier molecular flexibility index (Phi) is 3.57. The van der Waals surface area contributed by atoms with E-state index in [-0.39, 0.29) is 5.91 Å². The topological polar surface area (TPSA) is 53.3 Å². The zero-order chi connectivity index (χ0) is 14.7. The Hall–Kier alpha value is -2.80. The smallest absolute Gasteiger partial charge is 0.231 e. The minimum atomic E-state index is 0.0911. The summed E-state index contributed by atoms with van der Waals surface area (Å²) in [5, 5.41) is 9.01. The first-order chi connectivity index (χ1) is 10.3. The summed E-state index contributed by atoms with van der Waals surface area (Å²) in [6.45, 7) is 0.842. The lowest BCUT2D eigenvalue weighted by atomic mass is 10.2. The third-order valence-electron chi connectivity index (χ3n) is 3.51. The molecule has 21 heavy (non-hydrogen) atoms. The Labute approximate surface area is 123 Å². The van der Waals surface area contributed by atoms with Gasteiger partial charge in [-0.25, -0.2) is 0 Å². The molecule has 1 aliphatic rings. The minimum Gasteiger partial charge on any atom is -0.490 e. The summed E-state index contributed by atoms with van der Waals surface area (Å²) >= 11 is 0. The van der Waals surface area contributed by atoms with Crippen molar-refractivity contribution in [3.63, 3.8) is 0 Å². The summed E-state index contributed by atoms with van der Waals surface area (Å²) in [6, 6.07) is 17.0. The number of fused-ring (bicyclic) bond motifs is 1. The van der Waals surface area contributed by atoms with Gasteiger partial charge in [0.15, 0.2) is 0 Å². The fourth-order valence-electron chi connectivity index (χ4n) is 2.49. The van der Waals surface area contributed by atoms with Crippen LogP contribution in [-0.4, -0.2) is 19.1 Å². The van der Waals surface area contributed by atoms with Gasteiger partial charge in [0.1, 0.15) is 18.4 Å². The predicted molar refractivity (Wildman–Crippen MR) is 79.2 cm³/mol. The number of amides is 1. The van der Waals surface area contributed by atoms with E-state index >= 15 is 0 Å². The molecule has 0 fully saturated rings. The van der Waals surface area contributed by atoms with Crippen molar-refractivity contribution in [3.8, 4) is 11.8 Å². The van der Waals surface area contributed by atoms with Crippen molar-refractivity contribution in [3.05, 3.63) is 59.7 Å². The normalized spacial score (nSPS) is 12.9. The molecule has 0 bridgehead atoms. The Morgan fingerprint density at radius 2 is 1.90 bits per heavy atom. The summed E-state index contributed by atoms with van der Waals surface area (Å²) in [5.41, 5.74) is 2.52. The Balaban J connectivity index is 1.66. The van der Waals surface area contributed by atoms with Crippen LogP contribution in [0.2, 0.25) is 0 Å². The standard InChI is InChI=1S/C17H14N2O2/c18-12-14-6-2-4-8-16(14)21-10-9-19-15-7-3-1-5-13(15)11-17(19)20/h1-8H,9-11H2. The highest BCUT2D eigenvalue weighted by atomic mass is 16.5. The van der Waals surface area contributed by atoms with Crippen molar-refractivity contribution in [1.29, 1.82) is 5.26 Å². The fourth-order valence-corrected chi connectivity index (χ4v) is 2.49. The van der Waals surface area contributed by atoms with Gasteiger partial charge in [0, 0.05) is 5.69 Å². The highest BCUT2D eigenvalue weighted by Crippen LogP contribution is 2.28. The summed E-state index contributed by atoms with van der Waals surface area (Å²) in [5.74, 6) is 0.647. The number of para-hydroxylation sites is 2. The lowest BCUT2D eigenvalue weighted by molar-refractivity contribution is -0.117. The first kappa shape index (κ1) is 13.2. The maximum atomic E-state index is 12.0. The van der Waals surface area contributed by atoms with Crippen molar-refractivity contribution < 1.29 is 9.53 Å². The van der Waals surface area contributed by atoms with Gasteiger partial charge in [0.2, 0.25) is 5.91 Å². The molecule has 0 saturated carbocycles. The summed E-state index contributed by atoms with van der Waals surface area (Å²) in [4.78, 5) is 13.8. The van der Waals surface area contributed by atoms with Crippen LogP contribution < -0.4 is 9.64 Å². The molecule has 1 heterocycles. The summed E-state index contributed by atoms with van der Waals surface area (Å²) in [7, 11) is 0. The second kappa shape index (κ2) is 5.68. The highest BCUT2D eigenvalue weighted by molar-refractivity contribution is 6.01. The Morgan fingerprint density at radius 3 is 2.76 bits per heavy atom. The molecule has 1 aliphatic heterocycles. The Morgan fingerprint density at radius 1 is 1.14 bits per heavy atom. The van der Waals surface area contributed by atoms with Gasteiger partial charge >= 0.3 is 0 Å². The van der Waals surface area contributed by atoms with Crippen molar-refractivity contribution >= 4 is 11.6 Å². The molecule has 1 amide bonds. The van der Waals surface area contributed by atoms with Gasteiger partial charge < -0.3 is 9.64 Å². The van der Waals surface area contributed by atoms with E-state index in [1.54, 1.807) is 23.1 Å². The van der Waals surface area contributed by atoms with Crippen LogP contribution in [0.5, 0.6) is 5.75 Å². The number of carbonyl (C=O) groups is 1. The molecular formula is C17H14N2O2. The number of rotatable bonds is 4. The van der Waals surface area contributed by atoms with Crippen LogP contribution in [0.15, 0.2) is 48.5 Å². The quantitative estimate of drug-likeness (QED) is 0.863. The fraction of sp³-hybridized carbons (Fsp3) is 0.176. The number of nitrogens with zero attached hydrogens (tertiary/aromatic N) is 2. The first-order valence-corrected chi connectivity index (χ1v) is 6.80. The molecule has 2 aromatic carbocycles. The van der Waals surface area contributed by atoms with Gasteiger partial charge in [-0.1, -0.05) is 30.3 Å². The number of hydrogen-bond donors (Lipinski definition) is 0. The average Bonchev–Trinajstić information content (AvgIpc) is 2.84. The number of nitriles is 1.